The second-order valence-corrected chi connectivity index (χ2v) is 6.31. The molecule has 0 radical (unpaired) electrons. The normalized spacial score (nSPS) is 15.4. The molecule has 0 aromatic heterocycles. The highest BCUT2D eigenvalue weighted by Crippen LogP contribution is 2.21. The van der Waals surface area contributed by atoms with Crippen LogP contribution in [-0.4, -0.2) is 31.9 Å². The lowest BCUT2D eigenvalue weighted by atomic mass is 10.3. The summed E-state index contributed by atoms with van der Waals surface area (Å²) >= 11 is 0. The fraction of sp³-hybridized carbons (Fsp3) is 0.429. The zero-order valence-corrected chi connectivity index (χ0v) is 13.0. The van der Waals surface area contributed by atoms with Crippen LogP contribution in [0.25, 0.3) is 0 Å². The van der Waals surface area contributed by atoms with E-state index in [2.05, 4.69) is 4.28 Å². The van der Waals surface area contributed by atoms with E-state index in [1.54, 1.807) is 0 Å². The Morgan fingerprint density at radius 2 is 1.68 bits per heavy atom. The van der Waals surface area contributed by atoms with E-state index in [0.29, 0.717) is 17.4 Å². The van der Waals surface area contributed by atoms with Crippen molar-refractivity contribution >= 4 is 21.9 Å². The first kappa shape index (κ1) is 16.4. The van der Waals surface area contributed by atoms with Gasteiger partial charge in [-0.3, -0.25) is 9.59 Å². The van der Waals surface area contributed by atoms with Crippen molar-refractivity contribution in [1.82, 2.24) is 5.06 Å². The number of carbonyl (C=O) groups is 2. The van der Waals surface area contributed by atoms with Crippen LogP contribution in [0.3, 0.4) is 0 Å². The van der Waals surface area contributed by atoms with E-state index in [1.807, 2.05) is 6.92 Å². The number of imide groups is 1. The fourth-order valence-corrected chi connectivity index (χ4v) is 2.74. The van der Waals surface area contributed by atoms with Gasteiger partial charge in [0.05, 0.1) is 11.5 Å². The van der Waals surface area contributed by atoms with Crippen molar-refractivity contribution in [2.24, 2.45) is 0 Å². The fourth-order valence-electron chi connectivity index (χ4n) is 1.82. The molecule has 7 nitrogen and oxygen atoms in total. The van der Waals surface area contributed by atoms with E-state index < -0.39 is 21.9 Å². The molecule has 22 heavy (non-hydrogen) atoms. The van der Waals surface area contributed by atoms with Gasteiger partial charge in [-0.25, -0.2) is 0 Å². The number of hydrogen-bond donors (Lipinski definition) is 0. The van der Waals surface area contributed by atoms with Crippen LogP contribution < -0.4 is 4.74 Å². The third-order valence-electron chi connectivity index (χ3n) is 3.06. The second-order valence-electron chi connectivity index (χ2n) is 4.78. The molecule has 2 rings (SSSR count). The van der Waals surface area contributed by atoms with Gasteiger partial charge >= 0.3 is 10.1 Å². The van der Waals surface area contributed by atoms with Crippen molar-refractivity contribution in [1.29, 1.82) is 0 Å². The Labute approximate surface area is 128 Å². The van der Waals surface area contributed by atoms with Crippen LogP contribution in [0.1, 0.15) is 32.6 Å². The number of ether oxygens (including phenoxy) is 1. The predicted octanol–water partition coefficient (Wildman–Crippen LogP) is 1.63. The van der Waals surface area contributed by atoms with Crippen LogP contribution in [-0.2, 0) is 24.0 Å². The molecule has 1 fully saturated rings. The molecule has 0 spiro atoms. The van der Waals surface area contributed by atoms with Gasteiger partial charge in [0.2, 0.25) is 0 Å². The van der Waals surface area contributed by atoms with Crippen molar-refractivity contribution < 1.29 is 27.0 Å². The molecule has 1 heterocycles. The molecule has 2 amide bonds. The number of amides is 2. The minimum absolute atomic E-state index is 0.0431. The molecular formula is C14H17NO6S. The summed E-state index contributed by atoms with van der Waals surface area (Å²) in [5.41, 5.74) is 0. The van der Waals surface area contributed by atoms with Crippen molar-refractivity contribution in [3.8, 4) is 5.75 Å². The van der Waals surface area contributed by atoms with Crippen LogP contribution in [0, 0.1) is 0 Å². The lowest BCUT2D eigenvalue weighted by Crippen LogP contribution is -2.32. The first-order valence-electron chi connectivity index (χ1n) is 6.97. The molecule has 1 aromatic carbocycles. The average Bonchev–Trinajstić information content (AvgIpc) is 2.80. The van der Waals surface area contributed by atoms with Crippen molar-refractivity contribution in [2.75, 3.05) is 6.61 Å². The van der Waals surface area contributed by atoms with Crippen LogP contribution >= 0.6 is 0 Å². The van der Waals surface area contributed by atoms with Crippen molar-refractivity contribution in [3.05, 3.63) is 24.3 Å². The van der Waals surface area contributed by atoms with Gasteiger partial charge < -0.3 is 4.74 Å². The molecule has 0 atom stereocenters. The SMILES string of the molecule is CCCCOc1ccc(S(=O)(=O)ON2C(=O)CCC2=O)cc1. The van der Waals surface area contributed by atoms with Crippen LogP contribution in [0.15, 0.2) is 29.2 Å². The minimum Gasteiger partial charge on any atom is -0.494 e. The summed E-state index contributed by atoms with van der Waals surface area (Å²) in [7, 11) is -4.22. The number of rotatable bonds is 7. The van der Waals surface area contributed by atoms with E-state index in [1.165, 1.54) is 24.3 Å². The summed E-state index contributed by atoms with van der Waals surface area (Å²) in [5, 5.41) is 0.307. The van der Waals surface area contributed by atoms with E-state index in [4.69, 9.17) is 4.74 Å². The van der Waals surface area contributed by atoms with Crippen molar-refractivity contribution in [2.45, 2.75) is 37.5 Å². The Morgan fingerprint density at radius 3 is 2.23 bits per heavy atom. The highest BCUT2D eigenvalue weighted by molar-refractivity contribution is 7.86. The van der Waals surface area contributed by atoms with Gasteiger partial charge in [0.1, 0.15) is 5.75 Å². The van der Waals surface area contributed by atoms with Gasteiger partial charge in [0.15, 0.2) is 0 Å². The quantitative estimate of drug-likeness (QED) is 0.558. The second kappa shape index (κ2) is 6.89. The van der Waals surface area contributed by atoms with Crippen LogP contribution in [0.2, 0.25) is 0 Å². The lowest BCUT2D eigenvalue weighted by Gasteiger charge is -2.13. The molecule has 0 unspecified atom stereocenters. The molecule has 0 N–H and O–H groups in total. The summed E-state index contributed by atoms with van der Waals surface area (Å²) in [6, 6.07) is 5.61. The smallest absolute Gasteiger partial charge is 0.318 e. The summed E-state index contributed by atoms with van der Waals surface area (Å²) < 4.78 is 34.1. The summed E-state index contributed by atoms with van der Waals surface area (Å²) in [5.74, 6) is -0.776. The standard InChI is InChI=1S/C14H17NO6S/c1-2-3-10-20-11-4-6-12(7-5-11)22(18,19)21-15-13(16)8-9-14(15)17/h4-7H,2-3,8-10H2,1H3. The topological polar surface area (TPSA) is 90.0 Å². The van der Waals surface area contributed by atoms with Gasteiger partial charge in [-0.1, -0.05) is 13.3 Å². The summed E-state index contributed by atoms with van der Waals surface area (Å²) in [6.07, 6.45) is 1.82. The maximum Gasteiger partial charge on any atom is 0.318 e. The van der Waals surface area contributed by atoms with E-state index >= 15 is 0 Å². The molecule has 1 saturated heterocycles. The Hall–Kier alpha value is -1.93. The Morgan fingerprint density at radius 1 is 1.09 bits per heavy atom. The molecule has 1 aliphatic rings. The maximum atomic E-state index is 12.0. The van der Waals surface area contributed by atoms with Gasteiger partial charge in [0.25, 0.3) is 11.8 Å². The van der Waals surface area contributed by atoms with Gasteiger partial charge in [0, 0.05) is 12.8 Å². The highest BCUT2D eigenvalue weighted by atomic mass is 32.2. The first-order chi connectivity index (χ1) is 10.4. The van der Waals surface area contributed by atoms with Gasteiger partial charge in [-0.15, -0.1) is 9.35 Å². The molecule has 8 heteroatoms. The number of carbonyl (C=O) groups excluding carboxylic acids is 2. The summed E-state index contributed by atoms with van der Waals surface area (Å²) in [4.78, 5) is 22.6. The monoisotopic (exact) mass is 327 g/mol. The van der Waals surface area contributed by atoms with Crippen LogP contribution in [0.4, 0.5) is 0 Å². The Kier molecular flexibility index (Phi) is 5.15. The Bertz CT molecular complexity index is 636. The van der Waals surface area contributed by atoms with E-state index in [0.717, 1.165) is 12.8 Å². The van der Waals surface area contributed by atoms with E-state index in [-0.39, 0.29) is 17.7 Å². The average molecular weight is 327 g/mol. The molecule has 1 aliphatic heterocycles. The zero-order chi connectivity index (χ0) is 16.2. The molecule has 0 bridgehead atoms. The largest absolute Gasteiger partial charge is 0.494 e. The number of nitrogens with zero attached hydrogens (tertiary/aromatic N) is 1. The number of hydroxylamine groups is 2. The highest BCUT2D eigenvalue weighted by Gasteiger charge is 2.35. The zero-order valence-electron chi connectivity index (χ0n) is 12.1. The molecule has 0 aliphatic carbocycles. The number of benzene rings is 1. The minimum atomic E-state index is -4.22. The van der Waals surface area contributed by atoms with Gasteiger partial charge in [-0.2, -0.15) is 8.42 Å². The Balaban J connectivity index is 2.06. The predicted molar refractivity (Wildman–Crippen MR) is 76.2 cm³/mol. The maximum absolute atomic E-state index is 12.0. The third-order valence-corrected chi connectivity index (χ3v) is 4.25. The molecular weight excluding hydrogens is 310 g/mol. The third kappa shape index (κ3) is 3.83. The summed E-state index contributed by atoms with van der Waals surface area (Å²) in [6.45, 7) is 2.59. The molecule has 1 aromatic rings. The van der Waals surface area contributed by atoms with E-state index in [9.17, 15) is 18.0 Å². The number of unbranched alkanes of at least 4 members (excludes halogenated alkanes) is 1. The molecule has 120 valence electrons. The first-order valence-corrected chi connectivity index (χ1v) is 8.38. The number of hydrogen-bond acceptors (Lipinski definition) is 6. The van der Waals surface area contributed by atoms with Crippen LogP contribution in [0.5, 0.6) is 5.75 Å². The molecule has 0 saturated carbocycles. The van der Waals surface area contributed by atoms with Crippen molar-refractivity contribution in [3.63, 3.8) is 0 Å². The lowest BCUT2D eigenvalue weighted by molar-refractivity contribution is -0.163. The van der Waals surface area contributed by atoms with Gasteiger partial charge in [-0.05, 0) is 30.7 Å².